The Balaban J connectivity index is 1.63. The fraction of sp³-hybridized carbons (Fsp3) is 0.600. The molecule has 27 heavy (non-hydrogen) atoms. The maximum atomic E-state index is 13.2. The summed E-state index contributed by atoms with van der Waals surface area (Å²) in [6, 6.07) is 9.67. The second-order valence-corrected chi connectivity index (χ2v) is 7.25. The van der Waals surface area contributed by atoms with E-state index in [0.29, 0.717) is 12.3 Å². The van der Waals surface area contributed by atoms with Crippen LogP contribution < -0.4 is 0 Å². The Morgan fingerprint density at radius 2 is 1.89 bits per heavy atom. The molecule has 1 aliphatic heterocycles. The van der Waals surface area contributed by atoms with Gasteiger partial charge in [0.2, 0.25) is 5.91 Å². The van der Waals surface area contributed by atoms with E-state index in [1.807, 2.05) is 35.2 Å². The molecule has 0 radical (unpaired) electrons. The first kappa shape index (κ1) is 19.5. The molecule has 0 N–H and O–H groups in total. The Hall–Kier alpha value is -2.28. The lowest BCUT2D eigenvalue weighted by Crippen LogP contribution is -2.45. The largest absolute Gasteiger partial charge is 0.341 e. The Morgan fingerprint density at radius 1 is 1.19 bits per heavy atom. The lowest BCUT2D eigenvalue weighted by Gasteiger charge is -2.36. The lowest BCUT2D eigenvalue weighted by molar-refractivity contribution is -0.136. The van der Waals surface area contributed by atoms with Gasteiger partial charge in [-0.25, -0.2) is 4.68 Å². The minimum atomic E-state index is -0.387. The van der Waals surface area contributed by atoms with Crippen LogP contribution in [0.5, 0.6) is 0 Å². The normalized spacial score (nSPS) is 16.6. The van der Waals surface area contributed by atoms with Crippen LogP contribution in [0.1, 0.15) is 38.3 Å². The first-order valence-electron chi connectivity index (χ1n) is 9.98. The standard InChI is InChI=1S/C20H30N6O/c1-3-24(4-2)15-18-10-12-25(13-11-18)20(27)19(26-16-21-22-23-26)14-17-8-6-5-7-9-17/h5-9,16,18-19H,3-4,10-15H2,1-2H3. The molecule has 1 unspecified atom stereocenters. The third-order valence-corrected chi connectivity index (χ3v) is 5.58. The van der Waals surface area contributed by atoms with Crippen LogP contribution in [0.2, 0.25) is 0 Å². The van der Waals surface area contributed by atoms with E-state index >= 15 is 0 Å². The highest BCUT2D eigenvalue weighted by molar-refractivity contribution is 5.80. The number of carbonyl (C=O) groups excluding carboxylic acids is 1. The molecule has 0 spiro atoms. The van der Waals surface area contributed by atoms with Crippen molar-refractivity contribution in [2.24, 2.45) is 5.92 Å². The number of piperidine rings is 1. The summed E-state index contributed by atoms with van der Waals surface area (Å²) in [5.41, 5.74) is 1.11. The third kappa shape index (κ3) is 5.13. The average Bonchev–Trinajstić information content (AvgIpc) is 3.25. The van der Waals surface area contributed by atoms with Gasteiger partial charge in [-0.2, -0.15) is 0 Å². The number of rotatable bonds is 8. The van der Waals surface area contributed by atoms with E-state index < -0.39 is 0 Å². The van der Waals surface area contributed by atoms with Crippen LogP contribution in [0.4, 0.5) is 0 Å². The number of carbonyl (C=O) groups is 1. The topological polar surface area (TPSA) is 67.2 Å². The number of benzene rings is 1. The van der Waals surface area contributed by atoms with Crippen LogP contribution in [-0.4, -0.2) is 68.6 Å². The van der Waals surface area contributed by atoms with Gasteiger partial charge in [0.05, 0.1) is 0 Å². The molecule has 0 saturated carbocycles. The summed E-state index contributed by atoms with van der Waals surface area (Å²) in [5, 5.41) is 11.5. The number of likely N-dealkylation sites (tertiary alicyclic amines) is 1. The minimum absolute atomic E-state index is 0.118. The maximum Gasteiger partial charge on any atom is 0.247 e. The highest BCUT2D eigenvalue weighted by atomic mass is 16.2. The van der Waals surface area contributed by atoms with Crippen LogP contribution in [-0.2, 0) is 11.2 Å². The van der Waals surface area contributed by atoms with Crippen LogP contribution in [0.25, 0.3) is 0 Å². The summed E-state index contributed by atoms with van der Waals surface area (Å²) in [7, 11) is 0. The van der Waals surface area contributed by atoms with Crippen molar-refractivity contribution < 1.29 is 4.79 Å². The van der Waals surface area contributed by atoms with Gasteiger partial charge in [0.1, 0.15) is 12.4 Å². The number of tetrazole rings is 1. The highest BCUT2D eigenvalue weighted by Crippen LogP contribution is 2.23. The number of hydrogen-bond acceptors (Lipinski definition) is 5. The van der Waals surface area contributed by atoms with E-state index in [2.05, 4.69) is 34.3 Å². The summed E-state index contributed by atoms with van der Waals surface area (Å²) in [6.45, 7) is 9.37. The summed E-state index contributed by atoms with van der Waals surface area (Å²) in [6.07, 6.45) is 4.27. The number of aromatic nitrogens is 4. The van der Waals surface area contributed by atoms with Crippen LogP contribution >= 0.6 is 0 Å². The Kier molecular flexibility index (Phi) is 6.92. The van der Waals surface area contributed by atoms with Crippen LogP contribution in [0.15, 0.2) is 36.7 Å². The highest BCUT2D eigenvalue weighted by Gasteiger charge is 2.30. The molecule has 0 bridgehead atoms. The van der Waals surface area contributed by atoms with E-state index in [0.717, 1.165) is 51.1 Å². The van der Waals surface area contributed by atoms with Gasteiger partial charge in [-0.3, -0.25) is 4.79 Å². The van der Waals surface area contributed by atoms with E-state index in [9.17, 15) is 4.79 Å². The first-order valence-corrected chi connectivity index (χ1v) is 9.98. The maximum absolute atomic E-state index is 13.2. The predicted octanol–water partition coefficient (Wildman–Crippen LogP) is 2.04. The second-order valence-electron chi connectivity index (χ2n) is 7.25. The molecule has 1 aromatic heterocycles. The smallest absolute Gasteiger partial charge is 0.247 e. The third-order valence-electron chi connectivity index (χ3n) is 5.58. The summed E-state index contributed by atoms with van der Waals surface area (Å²) in [4.78, 5) is 17.7. The molecule has 146 valence electrons. The van der Waals surface area contributed by atoms with Crippen molar-refractivity contribution >= 4 is 5.91 Å². The van der Waals surface area contributed by atoms with Gasteiger partial charge in [-0.1, -0.05) is 44.2 Å². The predicted molar refractivity (Wildman–Crippen MR) is 104 cm³/mol. The Labute approximate surface area is 161 Å². The molecule has 3 rings (SSSR count). The summed E-state index contributed by atoms with van der Waals surface area (Å²) < 4.78 is 1.59. The van der Waals surface area contributed by atoms with Crippen molar-refractivity contribution in [1.29, 1.82) is 0 Å². The van der Waals surface area contributed by atoms with Gasteiger partial charge in [0.25, 0.3) is 0 Å². The van der Waals surface area contributed by atoms with Gasteiger partial charge in [0.15, 0.2) is 0 Å². The fourth-order valence-electron chi connectivity index (χ4n) is 3.84. The molecule has 2 heterocycles. The number of nitrogens with zero attached hydrogens (tertiary/aromatic N) is 6. The molecule has 1 aliphatic rings. The summed E-state index contributed by atoms with van der Waals surface area (Å²) in [5.74, 6) is 0.794. The Bertz CT molecular complexity index is 678. The Morgan fingerprint density at radius 3 is 2.48 bits per heavy atom. The molecule has 1 aromatic carbocycles. The monoisotopic (exact) mass is 370 g/mol. The van der Waals surface area contributed by atoms with Gasteiger partial charge in [-0.15, -0.1) is 5.10 Å². The summed E-state index contributed by atoms with van der Waals surface area (Å²) >= 11 is 0. The molecule has 2 aromatic rings. The van der Waals surface area contributed by atoms with Crippen molar-refractivity contribution in [3.63, 3.8) is 0 Å². The molecule has 1 amide bonds. The van der Waals surface area contributed by atoms with E-state index in [4.69, 9.17) is 0 Å². The van der Waals surface area contributed by atoms with Gasteiger partial charge < -0.3 is 9.80 Å². The zero-order valence-electron chi connectivity index (χ0n) is 16.4. The van der Waals surface area contributed by atoms with Crippen molar-refractivity contribution in [2.45, 2.75) is 39.2 Å². The number of hydrogen-bond donors (Lipinski definition) is 0. The second kappa shape index (κ2) is 9.60. The van der Waals surface area contributed by atoms with Gasteiger partial charge in [-0.05, 0) is 47.8 Å². The van der Waals surface area contributed by atoms with E-state index in [1.54, 1.807) is 11.0 Å². The van der Waals surface area contributed by atoms with Crippen LogP contribution in [0, 0.1) is 5.92 Å². The molecule has 0 aliphatic carbocycles. The molecule has 1 saturated heterocycles. The minimum Gasteiger partial charge on any atom is -0.341 e. The molecule has 1 fully saturated rings. The molecule has 7 heteroatoms. The first-order chi connectivity index (χ1) is 13.2. The van der Waals surface area contributed by atoms with Crippen molar-refractivity contribution in [3.05, 3.63) is 42.2 Å². The van der Waals surface area contributed by atoms with Crippen LogP contribution in [0.3, 0.4) is 0 Å². The quantitative estimate of drug-likeness (QED) is 0.711. The van der Waals surface area contributed by atoms with E-state index in [-0.39, 0.29) is 11.9 Å². The SMILES string of the molecule is CCN(CC)CC1CCN(C(=O)C(Cc2ccccc2)n2cnnn2)CC1. The van der Waals surface area contributed by atoms with Gasteiger partial charge >= 0.3 is 0 Å². The van der Waals surface area contributed by atoms with Gasteiger partial charge in [0, 0.05) is 26.1 Å². The van der Waals surface area contributed by atoms with E-state index in [1.165, 1.54) is 0 Å². The lowest BCUT2D eigenvalue weighted by atomic mass is 9.95. The van der Waals surface area contributed by atoms with Crippen molar-refractivity contribution in [3.8, 4) is 0 Å². The molecular formula is C20H30N6O. The van der Waals surface area contributed by atoms with Crippen molar-refractivity contribution in [1.82, 2.24) is 30.0 Å². The number of amides is 1. The zero-order valence-corrected chi connectivity index (χ0v) is 16.4. The average molecular weight is 371 g/mol. The zero-order chi connectivity index (χ0) is 19.1. The fourth-order valence-corrected chi connectivity index (χ4v) is 3.84. The molecule has 7 nitrogen and oxygen atoms in total. The van der Waals surface area contributed by atoms with Crippen molar-refractivity contribution in [2.75, 3.05) is 32.7 Å². The molecular weight excluding hydrogens is 340 g/mol. The molecule has 1 atom stereocenters.